The molecule has 1 aliphatic rings. The fourth-order valence-corrected chi connectivity index (χ4v) is 3.71. The summed E-state index contributed by atoms with van der Waals surface area (Å²) in [5.74, 6) is 0.453. The number of halogens is 1. The minimum atomic E-state index is -0.221. The Morgan fingerprint density at radius 2 is 1.97 bits per heavy atom. The third-order valence-corrected chi connectivity index (χ3v) is 5.43. The van der Waals surface area contributed by atoms with Crippen molar-refractivity contribution < 1.29 is 9.53 Å². The van der Waals surface area contributed by atoms with Gasteiger partial charge in [-0.3, -0.25) is 10.2 Å². The Morgan fingerprint density at radius 1 is 1.12 bits per heavy atom. The average Bonchev–Trinajstić information content (AvgIpc) is 3.46. The van der Waals surface area contributed by atoms with Crippen molar-refractivity contribution >= 4 is 28.3 Å². The fourth-order valence-electron chi connectivity index (χ4n) is 3.58. The van der Waals surface area contributed by atoms with E-state index in [0.29, 0.717) is 22.9 Å². The number of carbonyl (C=O) groups excluding carboxylic acids is 1. The number of nitrogens with one attached hydrogen (secondary N) is 1. The molecule has 1 aliphatic heterocycles. The van der Waals surface area contributed by atoms with Crippen LogP contribution in [0.1, 0.15) is 21.6 Å². The lowest BCUT2D eigenvalue weighted by atomic mass is 10.1. The van der Waals surface area contributed by atoms with E-state index in [1.807, 2.05) is 65.4 Å². The maximum Gasteiger partial charge on any atom is 0.217 e. The van der Waals surface area contributed by atoms with E-state index >= 15 is 0 Å². The maximum absolute atomic E-state index is 13.4. The third-order valence-electron chi connectivity index (χ3n) is 5.18. The molecule has 4 aromatic rings. The molecular formula is C23H19ClN6O2. The second kappa shape index (κ2) is 8.24. The monoisotopic (exact) mass is 446 g/mol. The second-order valence-corrected chi connectivity index (χ2v) is 7.64. The molecule has 0 saturated heterocycles. The summed E-state index contributed by atoms with van der Waals surface area (Å²) in [6.07, 6.45) is 10.6. The Hall–Kier alpha value is -4.04. The Kier molecular flexibility index (Phi) is 5.12. The van der Waals surface area contributed by atoms with Crippen molar-refractivity contribution in [3.63, 3.8) is 0 Å². The Bertz CT molecular complexity index is 1350. The smallest absolute Gasteiger partial charge is 0.217 e. The molecule has 32 heavy (non-hydrogen) atoms. The Morgan fingerprint density at radius 3 is 2.72 bits per heavy atom. The molecule has 160 valence electrons. The lowest BCUT2D eigenvalue weighted by Crippen LogP contribution is -2.40. The molecule has 9 heteroatoms. The maximum atomic E-state index is 13.4. The van der Waals surface area contributed by atoms with Gasteiger partial charge in [-0.15, -0.1) is 9.89 Å². The molecule has 0 amide bonds. The van der Waals surface area contributed by atoms with Crippen molar-refractivity contribution in [2.24, 2.45) is 0 Å². The minimum absolute atomic E-state index is 0.221. The largest absolute Gasteiger partial charge is 0.497 e. The van der Waals surface area contributed by atoms with Crippen LogP contribution in [-0.4, -0.2) is 32.6 Å². The van der Waals surface area contributed by atoms with Crippen LogP contribution >= 0.6 is 11.6 Å². The van der Waals surface area contributed by atoms with Crippen LogP contribution in [0.3, 0.4) is 0 Å². The first-order valence-electron chi connectivity index (χ1n) is 9.90. The number of ketones is 1. The normalized spacial score (nSPS) is 12.9. The van der Waals surface area contributed by atoms with Crippen LogP contribution < -0.4 is 15.3 Å². The van der Waals surface area contributed by atoms with Gasteiger partial charge < -0.3 is 9.30 Å². The lowest BCUT2D eigenvalue weighted by molar-refractivity contribution is 0.103. The van der Waals surface area contributed by atoms with Crippen LogP contribution in [0.15, 0.2) is 79.4 Å². The summed E-state index contributed by atoms with van der Waals surface area (Å²) in [5, 5.41) is 11.2. The van der Waals surface area contributed by atoms with Gasteiger partial charge in [0.2, 0.25) is 5.78 Å². The number of ether oxygens (including phenoxy) is 1. The van der Waals surface area contributed by atoms with Crippen LogP contribution in [0.2, 0.25) is 5.02 Å². The Balaban J connectivity index is 1.53. The van der Waals surface area contributed by atoms with E-state index in [9.17, 15) is 4.79 Å². The number of hydrazine groups is 1. The van der Waals surface area contributed by atoms with E-state index < -0.39 is 0 Å². The highest BCUT2D eigenvalue weighted by Crippen LogP contribution is 2.28. The zero-order chi connectivity index (χ0) is 22.1. The Labute approximate surface area is 188 Å². The standard InChI is InChI=1S/C23H19ClN6O2/c1-32-18-8-9-22-19(12-18)20(14-28(22)13-16-4-6-17(24)7-5-16)23(31)21-15-30(27-26-21)29-11-3-2-10-25-29/h2-12,14-15,25H,13H2,1H3. The van der Waals surface area contributed by atoms with Gasteiger partial charge in [0.15, 0.2) is 5.69 Å². The number of hydrogen-bond acceptors (Lipinski definition) is 6. The summed E-state index contributed by atoms with van der Waals surface area (Å²) in [6.45, 7) is 0.592. The minimum Gasteiger partial charge on any atom is -0.497 e. The first kappa shape index (κ1) is 19.9. The molecule has 2 aromatic carbocycles. The summed E-state index contributed by atoms with van der Waals surface area (Å²) < 4.78 is 7.43. The number of benzene rings is 2. The molecule has 8 nitrogen and oxygen atoms in total. The van der Waals surface area contributed by atoms with Crippen molar-refractivity contribution in [3.8, 4) is 5.75 Å². The number of hydrogen-bond donors (Lipinski definition) is 1. The van der Waals surface area contributed by atoms with Gasteiger partial charge in [-0.2, -0.15) is 5.12 Å². The predicted octanol–water partition coefficient (Wildman–Crippen LogP) is 3.66. The molecule has 3 heterocycles. The molecule has 0 fully saturated rings. The van der Waals surface area contributed by atoms with E-state index in [4.69, 9.17) is 16.3 Å². The molecule has 0 saturated carbocycles. The van der Waals surface area contributed by atoms with Gasteiger partial charge in [-0.1, -0.05) is 23.7 Å². The van der Waals surface area contributed by atoms with Gasteiger partial charge in [0.1, 0.15) is 5.75 Å². The van der Waals surface area contributed by atoms with Crippen molar-refractivity contribution in [3.05, 3.63) is 101 Å². The second-order valence-electron chi connectivity index (χ2n) is 7.21. The number of methoxy groups -OCH3 is 1. The number of fused-ring (bicyclic) bond motifs is 1. The van der Waals surface area contributed by atoms with E-state index in [2.05, 4.69) is 15.7 Å². The molecular weight excluding hydrogens is 428 g/mol. The summed E-state index contributed by atoms with van der Waals surface area (Å²) in [6, 6.07) is 13.4. The zero-order valence-corrected chi connectivity index (χ0v) is 17.9. The molecule has 0 aliphatic carbocycles. The summed E-state index contributed by atoms with van der Waals surface area (Å²) in [4.78, 5) is 14.9. The highest BCUT2D eigenvalue weighted by atomic mass is 35.5. The molecule has 0 spiro atoms. The van der Waals surface area contributed by atoms with Gasteiger partial charge in [-0.25, -0.2) is 0 Å². The molecule has 0 radical (unpaired) electrons. The molecule has 0 bridgehead atoms. The van der Waals surface area contributed by atoms with E-state index in [-0.39, 0.29) is 11.5 Å². The topological polar surface area (TPSA) is 77.2 Å². The number of nitrogens with zero attached hydrogens (tertiary/aromatic N) is 5. The van der Waals surface area contributed by atoms with Crippen molar-refractivity contribution in [2.45, 2.75) is 6.54 Å². The summed E-state index contributed by atoms with van der Waals surface area (Å²) in [5.41, 5.74) is 5.75. The van der Waals surface area contributed by atoms with Gasteiger partial charge in [0, 0.05) is 41.1 Å². The average molecular weight is 447 g/mol. The third kappa shape index (κ3) is 3.72. The van der Waals surface area contributed by atoms with Gasteiger partial charge in [-0.05, 0) is 53.3 Å². The lowest BCUT2D eigenvalue weighted by Gasteiger charge is -2.20. The summed E-state index contributed by atoms with van der Waals surface area (Å²) >= 11 is 6.02. The van der Waals surface area contributed by atoms with Gasteiger partial charge >= 0.3 is 0 Å². The zero-order valence-electron chi connectivity index (χ0n) is 17.1. The molecule has 2 aromatic heterocycles. The van der Waals surface area contributed by atoms with E-state index in [1.165, 1.54) is 4.79 Å². The highest BCUT2D eigenvalue weighted by Gasteiger charge is 2.21. The number of rotatable bonds is 6. The number of allylic oxidation sites excluding steroid dienone is 2. The van der Waals surface area contributed by atoms with Gasteiger partial charge in [0.25, 0.3) is 0 Å². The molecule has 1 N–H and O–H groups in total. The first-order chi connectivity index (χ1) is 15.6. The predicted molar refractivity (Wildman–Crippen MR) is 122 cm³/mol. The molecule has 0 atom stereocenters. The van der Waals surface area contributed by atoms with Crippen molar-refractivity contribution in [1.82, 2.24) is 25.1 Å². The fraction of sp³-hybridized carbons (Fsp3) is 0.0870. The van der Waals surface area contributed by atoms with Crippen molar-refractivity contribution in [1.29, 1.82) is 0 Å². The van der Waals surface area contributed by atoms with Crippen LogP contribution in [0.25, 0.3) is 10.9 Å². The molecule has 0 unspecified atom stereocenters. The number of aromatic nitrogens is 4. The SMILES string of the molecule is COc1ccc2c(c1)c(C(=O)c1cn(N3C=CC=CN3)nn1)cn2Cc1ccc(Cl)cc1. The first-order valence-corrected chi connectivity index (χ1v) is 10.3. The number of carbonyl (C=O) groups is 1. The molecule has 5 rings (SSSR count). The van der Waals surface area contributed by atoms with E-state index in [0.717, 1.165) is 16.5 Å². The summed E-state index contributed by atoms with van der Waals surface area (Å²) in [7, 11) is 1.60. The van der Waals surface area contributed by atoms with Crippen LogP contribution in [0, 0.1) is 0 Å². The van der Waals surface area contributed by atoms with Crippen molar-refractivity contribution in [2.75, 3.05) is 12.2 Å². The van der Waals surface area contributed by atoms with Gasteiger partial charge in [0.05, 0.1) is 18.9 Å². The van der Waals surface area contributed by atoms with Crippen LogP contribution in [0.4, 0.5) is 0 Å². The van der Waals surface area contributed by atoms with Crippen LogP contribution in [0.5, 0.6) is 5.75 Å². The van der Waals surface area contributed by atoms with E-state index in [1.54, 1.807) is 30.8 Å². The van der Waals surface area contributed by atoms with Crippen LogP contribution in [-0.2, 0) is 6.54 Å². The quantitative estimate of drug-likeness (QED) is 0.455. The highest BCUT2D eigenvalue weighted by molar-refractivity contribution is 6.30.